The summed E-state index contributed by atoms with van der Waals surface area (Å²) in [4.78, 5) is 26.3. The van der Waals surface area contributed by atoms with Crippen LogP contribution in [0.15, 0.2) is 42.5 Å². The van der Waals surface area contributed by atoms with Crippen LogP contribution in [0.3, 0.4) is 0 Å². The van der Waals surface area contributed by atoms with Crippen molar-refractivity contribution in [2.45, 2.75) is 19.5 Å². The molecule has 4 nitrogen and oxygen atoms in total. The molecule has 142 valence electrons. The number of amides is 2. The second-order valence-electron chi connectivity index (χ2n) is 6.37. The lowest BCUT2D eigenvalue weighted by atomic mass is 10.1. The maximum absolute atomic E-state index is 12.9. The Balaban J connectivity index is 1.75. The Hall–Kier alpha value is -2.54. The summed E-state index contributed by atoms with van der Waals surface area (Å²) < 4.78 is 38.8. The molecule has 0 aliphatic carbocycles. The first kappa shape index (κ1) is 19.2. The van der Waals surface area contributed by atoms with Crippen molar-refractivity contribution in [3.8, 4) is 0 Å². The van der Waals surface area contributed by atoms with Crippen LogP contribution in [0, 0.1) is 12.8 Å². The molecule has 0 aromatic heterocycles. The number of nitrogens with zero attached hydrogens (tertiary/aromatic N) is 1. The fourth-order valence-electron chi connectivity index (χ4n) is 3.05. The van der Waals surface area contributed by atoms with Gasteiger partial charge in [-0.2, -0.15) is 13.2 Å². The summed E-state index contributed by atoms with van der Waals surface area (Å²) >= 11 is 5.58. The molecule has 1 aliphatic rings. The minimum absolute atomic E-state index is 0.000114. The number of alkyl halides is 3. The number of aryl methyl sites for hydroxylation is 1. The first-order valence-corrected chi connectivity index (χ1v) is 8.58. The van der Waals surface area contributed by atoms with Gasteiger partial charge in [-0.1, -0.05) is 29.8 Å². The SMILES string of the molecule is Cc1ccccc1N1CC(C(=O)Nc2ccc(Cl)c(C(F)(F)F)c2)CC1=O. The second kappa shape index (κ2) is 7.23. The third kappa shape index (κ3) is 4.08. The highest BCUT2D eigenvalue weighted by atomic mass is 35.5. The summed E-state index contributed by atoms with van der Waals surface area (Å²) in [5.41, 5.74) is 0.590. The van der Waals surface area contributed by atoms with Gasteiger partial charge >= 0.3 is 6.18 Å². The number of hydrogen-bond acceptors (Lipinski definition) is 2. The summed E-state index contributed by atoms with van der Waals surface area (Å²) in [6, 6.07) is 10.5. The molecule has 1 fully saturated rings. The van der Waals surface area contributed by atoms with Gasteiger partial charge in [-0.15, -0.1) is 0 Å². The first-order chi connectivity index (χ1) is 12.7. The zero-order valence-corrected chi connectivity index (χ0v) is 15.1. The number of hydrogen-bond donors (Lipinski definition) is 1. The molecule has 1 aliphatic heterocycles. The normalized spacial score (nSPS) is 17.3. The van der Waals surface area contributed by atoms with E-state index in [0.717, 1.165) is 23.4 Å². The predicted molar refractivity (Wildman–Crippen MR) is 96.7 cm³/mol. The van der Waals surface area contributed by atoms with Gasteiger partial charge in [-0.05, 0) is 36.8 Å². The molecule has 2 aromatic rings. The summed E-state index contributed by atoms with van der Waals surface area (Å²) in [7, 11) is 0. The second-order valence-corrected chi connectivity index (χ2v) is 6.78. The molecule has 1 N–H and O–H groups in total. The molecule has 0 bridgehead atoms. The van der Waals surface area contributed by atoms with Gasteiger partial charge in [0, 0.05) is 24.3 Å². The Bertz CT molecular complexity index is 899. The third-order valence-corrected chi connectivity index (χ3v) is 4.77. The summed E-state index contributed by atoms with van der Waals surface area (Å²) in [5.74, 6) is -1.35. The van der Waals surface area contributed by atoms with Gasteiger partial charge in [0.05, 0.1) is 16.5 Å². The lowest BCUT2D eigenvalue weighted by Gasteiger charge is -2.19. The van der Waals surface area contributed by atoms with Gasteiger partial charge in [0.1, 0.15) is 0 Å². The van der Waals surface area contributed by atoms with Crippen molar-refractivity contribution in [2.24, 2.45) is 5.92 Å². The largest absolute Gasteiger partial charge is 0.417 e. The zero-order chi connectivity index (χ0) is 19.8. The topological polar surface area (TPSA) is 49.4 Å². The van der Waals surface area contributed by atoms with E-state index in [1.807, 2.05) is 19.1 Å². The predicted octanol–water partition coefficient (Wildman–Crippen LogP) is 4.66. The van der Waals surface area contributed by atoms with Crippen LogP contribution in [0.5, 0.6) is 0 Å². The summed E-state index contributed by atoms with van der Waals surface area (Å²) in [5, 5.41) is 2.01. The lowest BCUT2D eigenvalue weighted by molar-refractivity contribution is -0.137. The Morgan fingerprint density at radius 2 is 1.93 bits per heavy atom. The van der Waals surface area contributed by atoms with Gasteiger partial charge in [0.25, 0.3) is 0 Å². The van der Waals surface area contributed by atoms with E-state index in [-0.39, 0.29) is 24.6 Å². The minimum Gasteiger partial charge on any atom is -0.326 e. The monoisotopic (exact) mass is 396 g/mol. The average Bonchev–Trinajstić information content (AvgIpc) is 2.98. The number of rotatable bonds is 3. The lowest BCUT2D eigenvalue weighted by Crippen LogP contribution is -2.28. The van der Waals surface area contributed by atoms with Crippen molar-refractivity contribution in [1.29, 1.82) is 0 Å². The first-order valence-electron chi connectivity index (χ1n) is 8.20. The number of anilines is 2. The van der Waals surface area contributed by atoms with E-state index >= 15 is 0 Å². The molecule has 8 heteroatoms. The van der Waals surface area contributed by atoms with E-state index in [0.29, 0.717) is 0 Å². The van der Waals surface area contributed by atoms with Gasteiger partial charge in [0.15, 0.2) is 0 Å². The molecule has 27 heavy (non-hydrogen) atoms. The quantitative estimate of drug-likeness (QED) is 0.820. The van der Waals surface area contributed by atoms with E-state index < -0.39 is 28.6 Å². The number of halogens is 4. The van der Waals surface area contributed by atoms with Crippen LogP contribution in [0.1, 0.15) is 17.5 Å². The van der Waals surface area contributed by atoms with Crippen LogP contribution in [-0.4, -0.2) is 18.4 Å². The molecular weight excluding hydrogens is 381 g/mol. The number of para-hydroxylation sites is 1. The van der Waals surface area contributed by atoms with Crippen LogP contribution in [0.4, 0.5) is 24.5 Å². The van der Waals surface area contributed by atoms with Crippen molar-refractivity contribution in [1.82, 2.24) is 0 Å². The van der Waals surface area contributed by atoms with Gasteiger partial charge in [0.2, 0.25) is 11.8 Å². The Labute approximate surface area is 158 Å². The van der Waals surface area contributed by atoms with Crippen molar-refractivity contribution in [3.63, 3.8) is 0 Å². The average molecular weight is 397 g/mol. The van der Waals surface area contributed by atoms with Gasteiger partial charge < -0.3 is 10.2 Å². The van der Waals surface area contributed by atoms with E-state index in [1.165, 1.54) is 11.0 Å². The van der Waals surface area contributed by atoms with E-state index in [4.69, 9.17) is 11.6 Å². The summed E-state index contributed by atoms with van der Waals surface area (Å²) in [6.45, 7) is 2.04. The van der Waals surface area contributed by atoms with E-state index in [1.54, 1.807) is 12.1 Å². The van der Waals surface area contributed by atoms with Crippen molar-refractivity contribution >= 4 is 34.8 Å². The molecule has 3 rings (SSSR count). The van der Waals surface area contributed by atoms with Gasteiger partial charge in [-0.25, -0.2) is 0 Å². The smallest absolute Gasteiger partial charge is 0.326 e. The number of benzene rings is 2. The fourth-order valence-corrected chi connectivity index (χ4v) is 3.27. The molecule has 1 unspecified atom stereocenters. The Kier molecular flexibility index (Phi) is 5.15. The molecule has 1 heterocycles. The maximum Gasteiger partial charge on any atom is 0.417 e. The van der Waals surface area contributed by atoms with Gasteiger partial charge in [-0.3, -0.25) is 9.59 Å². The molecular formula is C19H16ClF3N2O2. The Morgan fingerprint density at radius 3 is 2.59 bits per heavy atom. The van der Waals surface area contributed by atoms with Crippen LogP contribution >= 0.6 is 11.6 Å². The molecule has 0 radical (unpaired) electrons. The molecule has 2 amide bonds. The number of carbonyl (C=O) groups is 2. The number of nitrogens with one attached hydrogen (secondary N) is 1. The molecule has 1 saturated heterocycles. The standard InChI is InChI=1S/C19H16ClF3N2O2/c1-11-4-2-3-5-16(11)25-10-12(8-17(25)26)18(27)24-13-6-7-15(20)14(9-13)19(21,22)23/h2-7,9,12H,8,10H2,1H3,(H,24,27). The van der Waals surface area contributed by atoms with Crippen LogP contribution in [0.2, 0.25) is 5.02 Å². The van der Waals surface area contributed by atoms with Crippen molar-refractivity contribution < 1.29 is 22.8 Å². The molecule has 0 spiro atoms. The number of carbonyl (C=O) groups excluding carboxylic acids is 2. The Morgan fingerprint density at radius 1 is 1.22 bits per heavy atom. The van der Waals surface area contributed by atoms with Crippen molar-refractivity contribution in [2.75, 3.05) is 16.8 Å². The van der Waals surface area contributed by atoms with Crippen LogP contribution in [0.25, 0.3) is 0 Å². The zero-order valence-electron chi connectivity index (χ0n) is 14.3. The highest BCUT2D eigenvalue weighted by molar-refractivity contribution is 6.31. The molecule has 1 atom stereocenters. The minimum atomic E-state index is -4.62. The molecule has 2 aromatic carbocycles. The van der Waals surface area contributed by atoms with Crippen LogP contribution in [-0.2, 0) is 15.8 Å². The highest BCUT2D eigenvalue weighted by Gasteiger charge is 2.36. The van der Waals surface area contributed by atoms with E-state index in [2.05, 4.69) is 5.32 Å². The summed E-state index contributed by atoms with van der Waals surface area (Å²) in [6.07, 6.45) is -4.62. The highest BCUT2D eigenvalue weighted by Crippen LogP contribution is 2.36. The molecule has 0 saturated carbocycles. The maximum atomic E-state index is 12.9. The van der Waals surface area contributed by atoms with E-state index in [9.17, 15) is 22.8 Å². The van der Waals surface area contributed by atoms with Crippen LogP contribution < -0.4 is 10.2 Å². The fraction of sp³-hybridized carbons (Fsp3) is 0.263. The van der Waals surface area contributed by atoms with Crippen molar-refractivity contribution in [3.05, 3.63) is 58.6 Å². The third-order valence-electron chi connectivity index (χ3n) is 4.44.